The van der Waals surface area contributed by atoms with Crippen LogP contribution in [0.3, 0.4) is 0 Å². The Morgan fingerprint density at radius 1 is 0.742 bits per heavy atom. The zero-order valence-corrected chi connectivity index (χ0v) is 17.1. The molecule has 31 heavy (non-hydrogen) atoms. The average molecular weight is 416 g/mol. The van der Waals surface area contributed by atoms with Crippen LogP contribution in [0.25, 0.3) is 11.1 Å². The normalized spacial score (nSPS) is 11.6. The number of benzene rings is 3. The van der Waals surface area contributed by atoms with Gasteiger partial charge in [-0.1, -0.05) is 0 Å². The zero-order chi connectivity index (χ0) is 22.1. The summed E-state index contributed by atoms with van der Waals surface area (Å²) in [5.74, 6) is 0. The number of nitro benzene ring substituents is 2. The van der Waals surface area contributed by atoms with Crippen LogP contribution >= 0.6 is 0 Å². The molecule has 0 unspecified atom stereocenters. The van der Waals surface area contributed by atoms with Gasteiger partial charge >= 0.3 is 0 Å². The van der Waals surface area contributed by atoms with Crippen molar-refractivity contribution in [1.29, 1.82) is 0 Å². The molecule has 8 nitrogen and oxygen atoms in total. The Kier molecular flexibility index (Phi) is 5.21. The highest BCUT2D eigenvalue weighted by atomic mass is 16.6. The van der Waals surface area contributed by atoms with Crippen molar-refractivity contribution in [1.82, 2.24) is 0 Å². The third kappa shape index (κ3) is 3.63. The fraction of sp³-hybridized carbons (Fsp3) is 0.174. The number of non-ortho nitro benzene ring substituents is 2. The summed E-state index contributed by atoms with van der Waals surface area (Å²) in [7, 11) is 0. The van der Waals surface area contributed by atoms with E-state index in [4.69, 9.17) is 4.99 Å². The average Bonchev–Trinajstić information content (AvgIpc) is 3.08. The van der Waals surface area contributed by atoms with Gasteiger partial charge in [0, 0.05) is 54.2 Å². The van der Waals surface area contributed by atoms with Crippen molar-refractivity contribution >= 4 is 28.5 Å². The molecular formula is C23H20N4O4. The van der Waals surface area contributed by atoms with E-state index in [1.54, 1.807) is 12.1 Å². The molecule has 8 heteroatoms. The Balaban J connectivity index is 1.86. The minimum absolute atomic E-state index is 0.0503. The van der Waals surface area contributed by atoms with Crippen molar-refractivity contribution in [3.63, 3.8) is 0 Å². The first-order valence-electron chi connectivity index (χ1n) is 9.94. The number of fused-ring (bicyclic) bond motifs is 3. The zero-order valence-electron chi connectivity index (χ0n) is 17.1. The maximum atomic E-state index is 11.3. The van der Waals surface area contributed by atoms with Crippen LogP contribution < -0.4 is 4.90 Å². The van der Waals surface area contributed by atoms with Crippen molar-refractivity contribution in [2.45, 2.75) is 13.8 Å². The molecule has 156 valence electrons. The molecule has 0 aromatic heterocycles. The maximum Gasteiger partial charge on any atom is 0.270 e. The minimum atomic E-state index is -0.456. The van der Waals surface area contributed by atoms with Gasteiger partial charge in [0.2, 0.25) is 0 Å². The Morgan fingerprint density at radius 3 is 1.65 bits per heavy atom. The summed E-state index contributed by atoms with van der Waals surface area (Å²) in [5, 5.41) is 22.6. The van der Waals surface area contributed by atoms with E-state index in [9.17, 15) is 20.2 Å². The first-order valence-corrected chi connectivity index (χ1v) is 9.94. The highest BCUT2D eigenvalue weighted by Gasteiger charge is 2.29. The molecule has 0 radical (unpaired) electrons. The number of nitrogens with zero attached hydrogens (tertiary/aromatic N) is 4. The van der Waals surface area contributed by atoms with E-state index in [2.05, 4.69) is 18.7 Å². The lowest BCUT2D eigenvalue weighted by Gasteiger charge is -2.20. The predicted octanol–water partition coefficient (Wildman–Crippen LogP) is 5.50. The van der Waals surface area contributed by atoms with E-state index >= 15 is 0 Å². The second-order valence-corrected chi connectivity index (χ2v) is 7.12. The van der Waals surface area contributed by atoms with E-state index in [0.29, 0.717) is 22.5 Å². The van der Waals surface area contributed by atoms with Gasteiger partial charge in [0.15, 0.2) is 0 Å². The number of hydrogen-bond donors (Lipinski definition) is 0. The van der Waals surface area contributed by atoms with Crippen LogP contribution in [0.1, 0.15) is 25.0 Å². The first-order chi connectivity index (χ1) is 14.9. The second-order valence-electron chi connectivity index (χ2n) is 7.12. The molecule has 0 aliphatic heterocycles. The van der Waals surface area contributed by atoms with Gasteiger partial charge in [-0.2, -0.15) is 0 Å². The van der Waals surface area contributed by atoms with E-state index < -0.39 is 9.85 Å². The molecule has 0 bridgehead atoms. The van der Waals surface area contributed by atoms with Crippen LogP contribution in [-0.4, -0.2) is 28.6 Å². The van der Waals surface area contributed by atoms with Gasteiger partial charge in [0.05, 0.1) is 21.2 Å². The van der Waals surface area contributed by atoms with E-state index in [1.807, 2.05) is 24.3 Å². The van der Waals surface area contributed by atoms with Crippen LogP contribution in [0.15, 0.2) is 65.7 Å². The van der Waals surface area contributed by atoms with E-state index in [0.717, 1.165) is 29.9 Å². The van der Waals surface area contributed by atoms with Crippen LogP contribution in [0.5, 0.6) is 0 Å². The molecule has 1 aliphatic rings. The minimum Gasteiger partial charge on any atom is -0.372 e. The largest absolute Gasteiger partial charge is 0.372 e. The standard InChI is InChI=1S/C23H20N4O4/c1-3-25(4-2)16-7-5-15(6-8-16)24-23-21-13-17(26(28)29)9-11-19(21)20-12-10-18(27(30)31)14-22(20)23/h5-14H,3-4H2,1-2H3. The molecule has 3 aromatic carbocycles. The lowest BCUT2D eigenvalue weighted by atomic mass is 10.1. The van der Waals surface area contributed by atoms with Gasteiger partial charge in [-0.15, -0.1) is 0 Å². The molecule has 0 N–H and O–H groups in total. The van der Waals surface area contributed by atoms with Crippen molar-refractivity contribution in [2.75, 3.05) is 18.0 Å². The molecule has 3 aromatic rings. The second kappa shape index (κ2) is 7.98. The van der Waals surface area contributed by atoms with Crippen LogP contribution in [0, 0.1) is 20.2 Å². The molecule has 0 saturated heterocycles. The van der Waals surface area contributed by atoms with Crippen LogP contribution in [-0.2, 0) is 0 Å². The summed E-state index contributed by atoms with van der Waals surface area (Å²) >= 11 is 0. The summed E-state index contributed by atoms with van der Waals surface area (Å²) < 4.78 is 0. The third-order valence-corrected chi connectivity index (χ3v) is 5.45. The van der Waals surface area contributed by atoms with E-state index in [1.165, 1.54) is 24.3 Å². The molecule has 0 atom stereocenters. The van der Waals surface area contributed by atoms with E-state index in [-0.39, 0.29) is 11.4 Å². The molecular weight excluding hydrogens is 396 g/mol. The smallest absolute Gasteiger partial charge is 0.270 e. The molecule has 0 spiro atoms. The lowest BCUT2D eigenvalue weighted by molar-refractivity contribution is -0.385. The molecule has 1 aliphatic carbocycles. The van der Waals surface area contributed by atoms with Gasteiger partial charge in [-0.25, -0.2) is 4.99 Å². The predicted molar refractivity (Wildman–Crippen MR) is 120 cm³/mol. The van der Waals surface area contributed by atoms with Crippen LogP contribution in [0.4, 0.5) is 22.7 Å². The summed E-state index contributed by atoms with van der Waals surface area (Å²) in [6.45, 7) is 5.95. The summed E-state index contributed by atoms with van der Waals surface area (Å²) in [6, 6.07) is 16.9. The Morgan fingerprint density at radius 2 is 1.23 bits per heavy atom. The molecule has 0 saturated carbocycles. The van der Waals surface area contributed by atoms with Gasteiger partial charge in [0.25, 0.3) is 11.4 Å². The number of aliphatic imine (C=N–C) groups is 1. The number of anilines is 1. The van der Waals surface area contributed by atoms with Gasteiger partial charge < -0.3 is 4.90 Å². The molecule has 0 fully saturated rings. The number of nitro groups is 2. The van der Waals surface area contributed by atoms with Crippen molar-refractivity contribution < 1.29 is 9.85 Å². The summed E-state index contributed by atoms with van der Waals surface area (Å²) in [4.78, 5) is 28.7. The van der Waals surface area contributed by atoms with Gasteiger partial charge in [-0.05, 0) is 61.4 Å². The Hall–Kier alpha value is -4.07. The van der Waals surface area contributed by atoms with Crippen molar-refractivity contribution in [3.8, 4) is 11.1 Å². The lowest BCUT2D eigenvalue weighted by Crippen LogP contribution is -2.21. The number of hydrogen-bond acceptors (Lipinski definition) is 6. The molecule has 4 rings (SSSR count). The highest BCUT2D eigenvalue weighted by Crippen LogP contribution is 2.41. The summed E-state index contributed by atoms with van der Waals surface area (Å²) in [6.07, 6.45) is 0. The van der Waals surface area contributed by atoms with Crippen LogP contribution in [0.2, 0.25) is 0 Å². The first kappa shape index (κ1) is 20.2. The van der Waals surface area contributed by atoms with Gasteiger partial charge in [0.1, 0.15) is 0 Å². The Bertz CT molecular complexity index is 1150. The molecule has 0 heterocycles. The topological polar surface area (TPSA) is 102 Å². The summed E-state index contributed by atoms with van der Waals surface area (Å²) in [5.41, 5.74) is 4.87. The van der Waals surface area contributed by atoms with Crippen molar-refractivity contribution in [2.24, 2.45) is 4.99 Å². The maximum absolute atomic E-state index is 11.3. The fourth-order valence-corrected chi connectivity index (χ4v) is 3.87. The third-order valence-electron chi connectivity index (χ3n) is 5.45. The van der Waals surface area contributed by atoms with Crippen molar-refractivity contribution in [3.05, 3.63) is 92.0 Å². The monoisotopic (exact) mass is 416 g/mol. The van der Waals surface area contributed by atoms with Gasteiger partial charge in [-0.3, -0.25) is 20.2 Å². The highest BCUT2D eigenvalue weighted by molar-refractivity contribution is 6.25. The fourth-order valence-electron chi connectivity index (χ4n) is 3.87. The number of rotatable bonds is 6. The quantitative estimate of drug-likeness (QED) is 0.305. The SMILES string of the molecule is CCN(CC)c1ccc(N=C2c3cc([N+](=O)[O-])ccc3-c3ccc([N+](=O)[O-])cc32)cc1. The molecule has 0 amide bonds. The Labute approximate surface area is 178 Å².